The number of aliphatic hydroxyl groups excluding tert-OH is 1. The maximum atomic E-state index is 9.67. The van der Waals surface area contributed by atoms with Gasteiger partial charge in [0.05, 0.1) is 19.3 Å². The first-order valence-corrected chi connectivity index (χ1v) is 5.64. The van der Waals surface area contributed by atoms with Crippen molar-refractivity contribution in [1.82, 2.24) is 0 Å². The summed E-state index contributed by atoms with van der Waals surface area (Å²) in [5.74, 6) is 0.720. The van der Waals surface area contributed by atoms with Crippen LogP contribution in [0.5, 0.6) is 5.75 Å². The smallest absolute Gasteiger partial charge is 0.124 e. The van der Waals surface area contributed by atoms with Crippen LogP contribution in [-0.2, 0) is 0 Å². The number of hydrogen-bond acceptors (Lipinski definition) is 3. The third-order valence-corrected chi connectivity index (χ3v) is 3.00. The van der Waals surface area contributed by atoms with Crippen LogP contribution in [0.1, 0.15) is 18.5 Å². The van der Waals surface area contributed by atoms with Crippen molar-refractivity contribution >= 4 is 10.8 Å². The highest BCUT2D eigenvalue weighted by atomic mass is 16.5. The number of hydrogen-bond donors (Lipinski definition) is 2. The van der Waals surface area contributed by atoms with Crippen LogP contribution < -0.4 is 10.5 Å². The molecule has 17 heavy (non-hydrogen) atoms. The quantitative estimate of drug-likeness (QED) is 0.851. The lowest BCUT2D eigenvalue weighted by atomic mass is 9.95. The lowest BCUT2D eigenvalue weighted by molar-refractivity contribution is 0.163. The monoisotopic (exact) mass is 231 g/mol. The van der Waals surface area contributed by atoms with E-state index in [0.29, 0.717) is 0 Å². The number of rotatable bonds is 3. The molecule has 0 saturated carbocycles. The maximum absolute atomic E-state index is 9.67. The van der Waals surface area contributed by atoms with Gasteiger partial charge in [0.25, 0.3) is 0 Å². The molecule has 0 aromatic heterocycles. The summed E-state index contributed by atoms with van der Waals surface area (Å²) in [7, 11) is 1.61. The van der Waals surface area contributed by atoms with Gasteiger partial charge in [0.1, 0.15) is 5.75 Å². The van der Waals surface area contributed by atoms with Gasteiger partial charge in [0, 0.05) is 5.56 Å². The third kappa shape index (κ3) is 2.12. The van der Waals surface area contributed by atoms with Gasteiger partial charge in [-0.05, 0) is 23.8 Å². The molecule has 3 nitrogen and oxygen atoms in total. The van der Waals surface area contributed by atoms with Gasteiger partial charge in [-0.3, -0.25) is 0 Å². The standard InChI is InChI=1S/C14H17NO2/c1-9(16)14(15)13-11-6-4-3-5-10(11)7-8-12(13)17-2/h3-9,14,16H,15H2,1-2H3/t9-,14-/m1/s1. The molecule has 0 heterocycles. The Morgan fingerprint density at radius 3 is 2.53 bits per heavy atom. The molecule has 2 aromatic rings. The Kier molecular flexibility index (Phi) is 3.31. The molecule has 0 unspecified atom stereocenters. The number of fused-ring (bicyclic) bond motifs is 1. The zero-order valence-corrected chi connectivity index (χ0v) is 10.1. The molecule has 0 aliphatic carbocycles. The summed E-state index contributed by atoms with van der Waals surface area (Å²) >= 11 is 0. The summed E-state index contributed by atoms with van der Waals surface area (Å²) in [5, 5.41) is 11.8. The zero-order valence-electron chi connectivity index (χ0n) is 10.1. The van der Waals surface area contributed by atoms with Gasteiger partial charge in [-0.1, -0.05) is 30.3 Å². The minimum Gasteiger partial charge on any atom is -0.496 e. The van der Waals surface area contributed by atoms with Gasteiger partial charge in [0.2, 0.25) is 0 Å². The first-order valence-electron chi connectivity index (χ1n) is 5.64. The Balaban J connectivity index is 2.71. The second kappa shape index (κ2) is 4.73. The minimum absolute atomic E-state index is 0.448. The summed E-state index contributed by atoms with van der Waals surface area (Å²) in [6.45, 7) is 1.69. The molecule has 0 radical (unpaired) electrons. The minimum atomic E-state index is -0.616. The van der Waals surface area contributed by atoms with Gasteiger partial charge in [-0.25, -0.2) is 0 Å². The molecule has 3 N–H and O–H groups in total. The number of nitrogens with two attached hydrogens (primary N) is 1. The normalized spacial score (nSPS) is 14.6. The zero-order chi connectivity index (χ0) is 12.4. The van der Waals surface area contributed by atoms with E-state index < -0.39 is 12.1 Å². The van der Waals surface area contributed by atoms with E-state index in [2.05, 4.69) is 0 Å². The van der Waals surface area contributed by atoms with Crippen molar-refractivity contribution in [3.8, 4) is 5.75 Å². The van der Waals surface area contributed by atoms with Gasteiger partial charge in [0.15, 0.2) is 0 Å². The van der Waals surface area contributed by atoms with E-state index in [9.17, 15) is 5.11 Å². The molecule has 3 heteroatoms. The molecule has 0 amide bonds. The van der Waals surface area contributed by atoms with E-state index in [-0.39, 0.29) is 0 Å². The molecule has 0 bridgehead atoms. The Morgan fingerprint density at radius 2 is 1.88 bits per heavy atom. The van der Waals surface area contributed by atoms with Crippen LogP contribution in [-0.4, -0.2) is 18.3 Å². The molecule has 90 valence electrons. The van der Waals surface area contributed by atoms with Crippen molar-refractivity contribution in [3.05, 3.63) is 42.0 Å². The fraction of sp³-hybridized carbons (Fsp3) is 0.286. The summed E-state index contributed by atoms with van der Waals surface area (Å²) < 4.78 is 5.33. The largest absolute Gasteiger partial charge is 0.496 e. The van der Waals surface area contributed by atoms with Crippen LogP contribution in [0.3, 0.4) is 0 Å². The van der Waals surface area contributed by atoms with Crippen molar-refractivity contribution in [2.75, 3.05) is 7.11 Å². The number of aliphatic hydroxyl groups is 1. The Morgan fingerprint density at radius 1 is 1.18 bits per heavy atom. The fourth-order valence-corrected chi connectivity index (χ4v) is 2.04. The van der Waals surface area contributed by atoms with Crippen LogP contribution in [0.15, 0.2) is 36.4 Å². The highest BCUT2D eigenvalue weighted by Crippen LogP contribution is 2.33. The van der Waals surface area contributed by atoms with Crippen LogP contribution in [0, 0.1) is 0 Å². The second-order valence-corrected chi connectivity index (χ2v) is 4.17. The van der Waals surface area contributed by atoms with Crippen molar-refractivity contribution in [3.63, 3.8) is 0 Å². The molecule has 0 aliphatic rings. The van der Waals surface area contributed by atoms with Crippen LogP contribution in [0.4, 0.5) is 0 Å². The van der Waals surface area contributed by atoms with Gasteiger partial charge >= 0.3 is 0 Å². The molecule has 0 aliphatic heterocycles. The average molecular weight is 231 g/mol. The Bertz CT molecular complexity index is 523. The molecule has 2 atom stereocenters. The molecular formula is C14H17NO2. The average Bonchev–Trinajstić information content (AvgIpc) is 2.36. The molecule has 0 spiro atoms. The van der Waals surface area contributed by atoms with E-state index in [4.69, 9.17) is 10.5 Å². The van der Waals surface area contributed by atoms with E-state index in [1.165, 1.54) is 0 Å². The fourth-order valence-electron chi connectivity index (χ4n) is 2.04. The SMILES string of the molecule is COc1ccc2ccccc2c1[C@H](N)[C@@H](C)O. The summed E-state index contributed by atoms with van der Waals surface area (Å²) in [5.41, 5.74) is 6.91. The van der Waals surface area contributed by atoms with Crippen molar-refractivity contribution in [2.24, 2.45) is 5.73 Å². The maximum Gasteiger partial charge on any atom is 0.124 e. The molecule has 2 rings (SSSR count). The number of benzene rings is 2. The molecule has 2 aromatic carbocycles. The summed E-state index contributed by atoms with van der Waals surface area (Å²) in [6.07, 6.45) is -0.616. The van der Waals surface area contributed by atoms with E-state index >= 15 is 0 Å². The van der Waals surface area contributed by atoms with Crippen LogP contribution in [0.25, 0.3) is 10.8 Å². The van der Waals surface area contributed by atoms with Crippen molar-refractivity contribution < 1.29 is 9.84 Å². The summed E-state index contributed by atoms with van der Waals surface area (Å²) in [4.78, 5) is 0. The molecular weight excluding hydrogens is 214 g/mol. The number of ether oxygens (including phenoxy) is 1. The van der Waals surface area contributed by atoms with E-state index in [0.717, 1.165) is 22.1 Å². The predicted molar refractivity (Wildman–Crippen MR) is 69.1 cm³/mol. The van der Waals surface area contributed by atoms with Crippen molar-refractivity contribution in [1.29, 1.82) is 0 Å². The third-order valence-electron chi connectivity index (χ3n) is 3.00. The second-order valence-electron chi connectivity index (χ2n) is 4.17. The number of methoxy groups -OCH3 is 1. The first kappa shape index (κ1) is 11.9. The highest BCUT2D eigenvalue weighted by Gasteiger charge is 2.19. The lowest BCUT2D eigenvalue weighted by Crippen LogP contribution is -2.24. The molecule has 0 fully saturated rings. The van der Waals surface area contributed by atoms with Gasteiger partial charge < -0.3 is 15.6 Å². The molecule has 0 saturated heterocycles. The van der Waals surface area contributed by atoms with Gasteiger partial charge in [-0.2, -0.15) is 0 Å². The van der Waals surface area contributed by atoms with E-state index in [1.807, 2.05) is 36.4 Å². The Labute approximate surface area is 101 Å². The predicted octanol–water partition coefficient (Wildman–Crippen LogP) is 2.23. The summed E-state index contributed by atoms with van der Waals surface area (Å²) in [6, 6.07) is 11.4. The first-order chi connectivity index (χ1) is 8.15. The van der Waals surface area contributed by atoms with E-state index in [1.54, 1.807) is 14.0 Å². The highest BCUT2D eigenvalue weighted by molar-refractivity contribution is 5.88. The van der Waals surface area contributed by atoms with Crippen LogP contribution in [0.2, 0.25) is 0 Å². The lowest BCUT2D eigenvalue weighted by Gasteiger charge is -2.20. The topological polar surface area (TPSA) is 55.5 Å². The Hall–Kier alpha value is -1.58. The van der Waals surface area contributed by atoms with Crippen LogP contribution >= 0.6 is 0 Å². The van der Waals surface area contributed by atoms with Crippen molar-refractivity contribution in [2.45, 2.75) is 19.1 Å². The van der Waals surface area contributed by atoms with Gasteiger partial charge in [-0.15, -0.1) is 0 Å².